The summed E-state index contributed by atoms with van der Waals surface area (Å²) in [6.07, 6.45) is 1.18. The van der Waals surface area contributed by atoms with E-state index < -0.39 is 40.6 Å². The zero-order valence-corrected chi connectivity index (χ0v) is 34.3. The van der Waals surface area contributed by atoms with Gasteiger partial charge in [0.1, 0.15) is 23.1 Å². The van der Waals surface area contributed by atoms with Crippen LogP contribution in [0.15, 0.2) is 29.3 Å². The number of imide groups is 1. The third kappa shape index (κ3) is 11.2. The van der Waals surface area contributed by atoms with Crippen LogP contribution in [-0.4, -0.2) is 85.8 Å². The third-order valence-corrected chi connectivity index (χ3v) is 8.71. The third-order valence-electron chi connectivity index (χ3n) is 7.78. The molecule has 2 aromatic heterocycles. The molecule has 53 heavy (non-hydrogen) atoms. The van der Waals surface area contributed by atoms with Gasteiger partial charge < -0.3 is 33.7 Å². The van der Waals surface area contributed by atoms with Crippen molar-refractivity contribution in [2.24, 2.45) is 0 Å². The normalized spacial score (nSPS) is 16.3. The van der Waals surface area contributed by atoms with Gasteiger partial charge >= 0.3 is 24.2 Å². The predicted molar refractivity (Wildman–Crippen MR) is 203 cm³/mol. The lowest BCUT2D eigenvalue weighted by molar-refractivity contribution is -0.143. The number of anilines is 2. The number of carbonyl (C=O) groups is 4. The Hall–Kier alpha value is -4.18. The number of rotatable bonds is 9. The van der Waals surface area contributed by atoms with Gasteiger partial charge in [0.25, 0.3) is 0 Å². The first-order chi connectivity index (χ1) is 24.5. The summed E-state index contributed by atoms with van der Waals surface area (Å²) < 4.78 is 24.3. The van der Waals surface area contributed by atoms with Gasteiger partial charge in [0.15, 0.2) is 17.0 Å². The van der Waals surface area contributed by atoms with E-state index in [4.69, 9.17) is 30.5 Å². The molecule has 1 saturated heterocycles. The first-order valence-corrected chi connectivity index (χ1v) is 18.5. The van der Waals surface area contributed by atoms with Crippen molar-refractivity contribution in [2.45, 2.75) is 117 Å². The first-order valence-electron chi connectivity index (χ1n) is 17.3. The van der Waals surface area contributed by atoms with Gasteiger partial charge in [-0.1, -0.05) is 27.5 Å². The summed E-state index contributed by atoms with van der Waals surface area (Å²) in [6, 6.07) is 3.61. The largest absolute Gasteiger partial charge is 0.466 e. The van der Waals surface area contributed by atoms with E-state index in [0.29, 0.717) is 41.1 Å². The summed E-state index contributed by atoms with van der Waals surface area (Å²) in [4.78, 5) is 68.4. The number of alkyl carbamates (subject to hydrolysis) is 1. The SMILES string of the molecule is CCOC(=O)CCC1(NC(=O)OC(C)(C)C)CCN(c2cc(Cl)cc(Br)c2Cn2cnc3c(N(C(=O)OC(C)(C)C)C(=O)OC(C)(C)C)ncnc32)C1. The Morgan fingerprint density at radius 2 is 1.57 bits per heavy atom. The number of carbonyl (C=O) groups excluding carboxylic acids is 4. The van der Waals surface area contributed by atoms with Gasteiger partial charge in [-0.15, -0.1) is 0 Å². The average Bonchev–Trinajstić information content (AvgIpc) is 3.60. The Bertz CT molecular complexity index is 1820. The molecule has 15 nitrogen and oxygen atoms in total. The molecule has 0 saturated carbocycles. The number of fused-ring (bicyclic) bond motifs is 1. The summed E-state index contributed by atoms with van der Waals surface area (Å²) >= 11 is 10.3. The number of amides is 3. The molecule has 0 bridgehead atoms. The van der Waals surface area contributed by atoms with Crippen molar-refractivity contribution < 1.29 is 38.1 Å². The quantitative estimate of drug-likeness (QED) is 0.165. The van der Waals surface area contributed by atoms with Crippen LogP contribution in [0.1, 0.15) is 94.1 Å². The Labute approximate surface area is 323 Å². The van der Waals surface area contributed by atoms with E-state index in [-0.39, 0.29) is 36.9 Å². The monoisotopic (exact) mass is 821 g/mol. The molecule has 1 unspecified atom stereocenters. The fourth-order valence-electron chi connectivity index (χ4n) is 5.75. The number of aromatic nitrogens is 4. The van der Waals surface area contributed by atoms with Crippen LogP contribution < -0.4 is 15.1 Å². The Kier molecular flexibility index (Phi) is 12.6. The number of nitrogens with one attached hydrogen (secondary N) is 1. The Balaban J connectivity index is 1.72. The smallest absolute Gasteiger partial charge is 0.425 e. The molecule has 3 aromatic rings. The highest BCUT2D eigenvalue weighted by Gasteiger charge is 2.42. The summed E-state index contributed by atoms with van der Waals surface area (Å²) in [5.41, 5.74) is -1.30. The van der Waals surface area contributed by atoms with Gasteiger partial charge in [-0.3, -0.25) is 4.79 Å². The zero-order chi connectivity index (χ0) is 39.5. The van der Waals surface area contributed by atoms with E-state index in [9.17, 15) is 19.2 Å². The van der Waals surface area contributed by atoms with Gasteiger partial charge in [-0.2, -0.15) is 4.90 Å². The van der Waals surface area contributed by atoms with E-state index in [0.717, 1.165) is 16.2 Å². The van der Waals surface area contributed by atoms with Gasteiger partial charge in [-0.25, -0.2) is 29.3 Å². The maximum atomic E-state index is 13.4. The number of ether oxygens (including phenoxy) is 4. The van der Waals surface area contributed by atoms with Crippen molar-refractivity contribution in [1.82, 2.24) is 24.8 Å². The van der Waals surface area contributed by atoms with Gasteiger partial charge in [0.2, 0.25) is 0 Å². The number of benzene rings is 1. The van der Waals surface area contributed by atoms with E-state index >= 15 is 0 Å². The van der Waals surface area contributed by atoms with Crippen molar-refractivity contribution in [3.05, 3.63) is 39.8 Å². The topological polar surface area (TPSA) is 167 Å². The molecule has 1 aliphatic rings. The predicted octanol–water partition coefficient (Wildman–Crippen LogP) is 7.78. The van der Waals surface area contributed by atoms with E-state index in [2.05, 4.69) is 41.1 Å². The highest BCUT2D eigenvalue weighted by molar-refractivity contribution is 9.10. The minimum absolute atomic E-state index is 0.105. The van der Waals surface area contributed by atoms with Crippen LogP contribution in [0.2, 0.25) is 5.02 Å². The van der Waals surface area contributed by atoms with Crippen molar-refractivity contribution in [3.8, 4) is 0 Å². The second-order valence-electron chi connectivity index (χ2n) is 15.8. The van der Waals surface area contributed by atoms with E-state index in [1.807, 2.05) is 6.07 Å². The molecule has 3 amide bonds. The first kappa shape index (κ1) is 41.6. The molecular formula is C36H49BrClN7O8. The standard InChI is InChI=1S/C36H49BrClN7O8/c1-11-50-26(46)12-13-36(42-30(47)51-33(2,3)4)14-15-43(19-36)25-17-22(38)16-24(37)23(25)18-44-21-41-27-28(44)39-20-40-29(27)45(31(48)52-34(5,6)7)32(49)53-35(8,9)10/h16-17,20-21H,11-15,18-19H2,1-10H3,(H,42,47). The minimum atomic E-state index is -0.982. The van der Waals surface area contributed by atoms with Gasteiger partial charge in [-0.05, 0) is 94.2 Å². The van der Waals surface area contributed by atoms with Crippen LogP contribution in [0.5, 0.6) is 0 Å². The maximum absolute atomic E-state index is 13.4. The van der Waals surface area contributed by atoms with Crippen LogP contribution in [0.4, 0.5) is 25.9 Å². The fourth-order valence-corrected chi connectivity index (χ4v) is 6.67. The van der Waals surface area contributed by atoms with Crippen molar-refractivity contribution in [2.75, 3.05) is 29.5 Å². The molecule has 1 atom stereocenters. The average molecular weight is 823 g/mol. The molecule has 1 aliphatic heterocycles. The molecule has 1 aromatic carbocycles. The van der Waals surface area contributed by atoms with Crippen LogP contribution in [0, 0.1) is 0 Å². The second-order valence-corrected chi connectivity index (χ2v) is 17.1. The molecule has 17 heteroatoms. The van der Waals surface area contributed by atoms with Crippen LogP contribution in [-0.2, 0) is 30.3 Å². The lowest BCUT2D eigenvalue weighted by Gasteiger charge is -2.32. The Morgan fingerprint density at radius 3 is 2.15 bits per heavy atom. The van der Waals surface area contributed by atoms with Crippen molar-refractivity contribution >= 4 is 74.4 Å². The minimum Gasteiger partial charge on any atom is -0.466 e. The number of nitrogens with zero attached hydrogens (tertiary/aromatic N) is 6. The highest BCUT2D eigenvalue weighted by Crippen LogP contribution is 2.38. The van der Waals surface area contributed by atoms with Crippen LogP contribution in [0.3, 0.4) is 0 Å². The second kappa shape index (κ2) is 16.0. The molecule has 0 spiro atoms. The number of esters is 1. The molecule has 0 aliphatic carbocycles. The number of halogens is 2. The maximum Gasteiger partial charge on any atom is 0.425 e. The van der Waals surface area contributed by atoms with E-state index in [1.54, 1.807) is 79.9 Å². The van der Waals surface area contributed by atoms with Crippen LogP contribution in [0.25, 0.3) is 11.2 Å². The summed E-state index contributed by atoms with van der Waals surface area (Å²) in [5.74, 6) is -0.459. The highest BCUT2D eigenvalue weighted by atomic mass is 79.9. The lowest BCUT2D eigenvalue weighted by atomic mass is 9.92. The van der Waals surface area contributed by atoms with Gasteiger partial charge in [0.05, 0.1) is 25.0 Å². The zero-order valence-electron chi connectivity index (χ0n) is 32.0. The number of hydrogen-bond acceptors (Lipinski definition) is 12. The fraction of sp³-hybridized carbons (Fsp3) is 0.583. The number of hydrogen-bond donors (Lipinski definition) is 1. The summed E-state index contributed by atoms with van der Waals surface area (Å²) in [7, 11) is 0. The molecule has 4 rings (SSSR count). The summed E-state index contributed by atoms with van der Waals surface area (Å²) in [6.45, 7) is 18.6. The molecule has 290 valence electrons. The Morgan fingerprint density at radius 1 is 0.943 bits per heavy atom. The molecule has 3 heterocycles. The lowest BCUT2D eigenvalue weighted by Crippen LogP contribution is -2.52. The van der Waals surface area contributed by atoms with Crippen molar-refractivity contribution in [3.63, 3.8) is 0 Å². The number of imidazole rings is 1. The van der Waals surface area contributed by atoms with E-state index in [1.165, 1.54) is 12.7 Å². The molecule has 1 fully saturated rings. The molecular weight excluding hydrogens is 774 g/mol. The molecule has 0 radical (unpaired) electrons. The molecule has 1 N–H and O–H groups in total. The van der Waals surface area contributed by atoms with Gasteiger partial charge in [0, 0.05) is 40.3 Å². The summed E-state index contributed by atoms with van der Waals surface area (Å²) in [5, 5.41) is 3.54. The van der Waals surface area contributed by atoms with Crippen LogP contribution >= 0.6 is 27.5 Å². The van der Waals surface area contributed by atoms with Crippen molar-refractivity contribution in [1.29, 1.82) is 0 Å².